The van der Waals surface area contributed by atoms with Gasteiger partial charge >= 0.3 is 0 Å². The number of methoxy groups -OCH3 is 1. The number of aryl methyl sites for hydroxylation is 1. The summed E-state index contributed by atoms with van der Waals surface area (Å²) in [5.74, 6) is 0.611. The zero-order chi connectivity index (χ0) is 15.9. The van der Waals surface area contributed by atoms with Crippen molar-refractivity contribution in [2.24, 2.45) is 0 Å². The highest BCUT2D eigenvalue weighted by Gasteiger charge is 2.12. The van der Waals surface area contributed by atoms with E-state index in [0.717, 1.165) is 15.8 Å². The van der Waals surface area contributed by atoms with Crippen LogP contribution >= 0.6 is 23.1 Å². The molecule has 0 radical (unpaired) electrons. The number of ether oxygens (including phenoxy) is 1. The van der Waals surface area contributed by atoms with E-state index in [0.29, 0.717) is 25.3 Å². The predicted molar refractivity (Wildman–Crippen MR) is 87.8 cm³/mol. The number of amides is 1. The van der Waals surface area contributed by atoms with Crippen LogP contribution in [0.15, 0.2) is 6.07 Å². The molecule has 0 aliphatic rings. The van der Waals surface area contributed by atoms with Crippen LogP contribution in [0.1, 0.15) is 28.1 Å². The van der Waals surface area contributed by atoms with Gasteiger partial charge in [-0.05, 0) is 31.4 Å². The number of nitrogens with one attached hydrogen (secondary N) is 2. The normalized spacial score (nSPS) is 12.1. The van der Waals surface area contributed by atoms with Crippen LogP contribution in [0.5, 0.6) is 0 Å². The molecule has 7 nitrogen and oxygen atoms in total. The fourth-order valence-electron chi connectivity index (χ4n) is 1.68. The molecule has 22 heavy (non-hydrogen) atoms. The molecule has 9 heteroatoms. The van der Waals surface area contributed by atoms with Crippen LogP contribution in [0.25, 0.3) is 0 Å². The van der Waals surface area contributed by atoms with E-state index in [1.165, 1.54) is 23.1 Å². The second-order valence-corrected chi connectivity index (χ2v) is 6.60. The van der Waals surface area contributed by atoms with Gasteiger partial charge in [-0.25, -0.2) is 4.98 Å². The first-order chi connectivity index (χ1) is 10.6. The SMILES string of the molecule is COCCc1nsc(N[C@@H](C)CNC(=O)c2cc(C)sn2)n1. The number of carbonyl (C=O) groups is 1. The minimum absolute atomic E-state index is 0.0481. The Hall–Kier alpha value is -1.58. The second kappa shape index (κ2) is 8.16. The minimum Gasteiger partial charge on any atom is -0.384 e. The molecule has 0 aromatic carbocycles. The van der Waals surface area contributed by atoms with Gasteiger partial charge in [0, 0.05) is 42.5 Å². The molecule has 0 saturated heterocycles. The first-order valence-corrected chi connectivity index (χ1v) is 8.42. The van der Waals surface area contributed by atoms with E-state index in [9.17, 15) is 4.79 Å². The molecule has 120 valence electrons. The molecule has 2 aromatic rings. The minimum atomic E-state index is -0.156. The fraction of sp³-hybridized carbons (Fsp3) is 0.538. The van der Waals surface area contributed by atoms with E-state index in [2.05, 4.69) is 24.4 Å². The molecule has 1 amide bonds. The zero-order valence-corrected chi connectivity index (χ0v) is 14.4. The van der Waals surface area contributed by atoms with Crippen LogP contribution in [0.4, 0.5) is 5.13 Å². The van der Waals surface area contributed by atoms with Crippen molar-refractivity contribution in [1.82, 2.24) is 19.0 Å². The highest BCUT2D eigenvalue weighted by molar-refractivity contribution is 7.09. The van der Waals surface area contributed by atoms with Crippen molar-refractivity contribution in [2.75, 3.05) is 25.6 Å². The van der Waals surface area contributed by atoms with E-state index >= 15 is 0 Å². The molecule has 0 bridgehead atoms. The van der Waals surface area contributed by atoms with Gasteiger partial charge in [0.15, 0.2) is 0 Å². The number of anilines is 1. The van der Waals surface area contributed by atoms with Gasteiger partial charge in [-0.3, -0.25) is 4.79 Å². The van der Waals surface area contributed by atoms with Gasteiger partial charge in [-0.2, -0.15) is 8.75 Å². The van der Waals surface area contributed by atoms with Crippen LogP contribution in [0, 0.1) is 6.92 Å². The fourth-order valence-corrected chi connectivity index (χ4v) is 2.95. The monoisotopic (exact) mass is 341 g/mol. The maximum atomic E-state index is 11.9. The van der Waals surface area contributed by atoms with Gasteiger partial charge in [0.2, 0.25) is 5.13 Å². The number of rotatable bonds is 8. The maximum Gasteiger partial charge on any atom is 0.271 e. The number of nitrogens with zero attached hydrogens (tertiary/aromatic N) is 3. The van der Waals surface area contributed by atoms with Crippen molar-refractivity contribution in [3.63, 3.8) is 0 Å². The third-order valence-electron chi connectivity index (χ3n) is 2.80. The topological polar surface area (TPSA) is 89.0 Å². The van der Waals surface area contributed by atoms with E-state index < -0.39 is 0 Å². The molecule has 0 fully saturated rings. The van der Waals surface area contributed by atoms with Crippen molar-refractivity contribution >= 4 is 34.1 Å². The molecular formula is C13H19N5O2S2. The molecule has 0 aliphatic heterocycles. The Morgan fingerprint density at radius 3 is 2.91 bits per heavy atom. The molecule has 1 atom stereocenters. The third-order valence-corrected chi connectivity index (χ3v) is 4.18. The quantitative estimate of drug-likeness (QED) is 0.760. The number of hydrogen-bond acceptors (Lipinski definition) is 8. The first-order valence-electron chi connectivity index (χ1n) is 6.88. The molecule has 2 heterocycles. The van der Waals surface area contributed by atoms with Crippen molar-refractivity contribution in [1.29, 1.82) is 0 Å². The Kier molecular flexibility index (Phi) is 6.22. The second-order valence-electron chi connectivity index (χ2n) is 4.84. The molecule has 0 saturated carbocycles. The van der Waals surface area contributed by atoms with E-state index in [-0.39, 0.29) is 11.9 Å². The lowest BCUT2D eigenvalue weighted by Gasteiger charge is -2.12. The summed E-state index contributed by atoms with van der Waals surface area (Å²) in [6, 6.07) is 1.83. The Morgan fingerprint density at radius 1 is 1.41 bits per heavy atom. The van der Waals surface area contributed by atoms with Gasteiger partial charge < -0.3 is 15.4 Å². The van der Waals surface area contributed by atoms with Gasteiger partial charge in [0.05, 0.1) is 6.61 Å². The lowest BCUT2D eigenvalue weighted by atomic mass is 10.3. The Bertz CT molecular complexity index is 613. The summed E-state index contributed by atoms with van der Waals surface area (Å²) in [5.41, 5.74) is 0.465. The maximum absolute atomic E-state index is 11.9. The summed E-state index contributed by atoms with van der Waals surface area (Å²) in [4.78, 5) is 17.3. The average molecular weight is 341 g/mol. The van der Waals surface area contributed by atoms with E-state index in [4.69, 9.17) is 4.74 Å². The first kappa shape index (κ1) is 16.8. The van der Waals surface area contributed by atoms with Crippen LogP contribution in [-0.4, -0.2) is 45.9 Å². The Morgan fingerprint density at radius 2 is 2.23 bits per heavy atom. The Labute approximate surface area is 137 Å². The summed E-state index contributed by atoms with van der Waals surface area (Å²) < 4.78 is 13.3. The molecule has 0 spiro atoms. The summed E-state index contributed by atoms with van der Waals surface area (Å²) in [6.07, 6.45) is 0.697. The average Bonchev–Trinajstić information content (AvgIpc) is 3.11. The molecule has 0 aliphatic carbocycles. The van der Waals surface area contributed by atoms with E-state index in [1.807, 2.05) is 13.8 Å². The van der Waals surface area contributed by atoms with Gasteiger partial charge in [0.1, 0.15) is 11.5 Å². The van der Waals surface area contributed by atoms with Gasteiger partial charge in [0.25, 0.3) is 5.91 Å². The van der Waals surface area contributed by atoms with E-state index in [1.54, 1.807) is 13.2 Å². The van der Waals surface area contributed by atoms with Gasteiger partial charge in [-0.15, -0.1) is 0 Å². The number of aromatic nitrogens is 3. The summed E-state index contributed by atoms with van der Waals surface area (Å²) in [6.45, 7) is 5.00. The van der Waals surface area contributed by atoms with Crippen molar-refractivity contribution in [2.45, 2.75) is 26.3 Å². The lowest BCUT2D eigenvalue weighted by Crippen LogP contribution is -2.34. The molecule has 2 rings (SSSR count). The van der Waals surface area contributed by atoms with Crippen LogP contribution in [0.3, 0.4) is 0 Å². The highest BCUT2D eigenvalue weighted by Crippen LogP contribution is 2.12. The summed E-state index contributed by atoms with van der Waals surface area (Å²) in [7, 11) is 1.65. The summed E-state index contributed by atoms with van der Waals surface area (Å²) >= 11 is 2.64. The smallest absolute Gasteiger partial charge is 0.271 e. The molecule has 2 N–H and O–H groups in total. The van der Waals surface area contributed by atoms with Crippen LogP contribution < -0.4 is 10.6 Å². The molecule has 0 unspecified atom stereocenters. The predicted octanol–water partition coefficient (Wildman–Crippen LogP) is 1.72. The lowest BCUT2D eigenvalue weighted by molar-refractivity contribution is 0.0948. The highest BCUT2D eigenvalue weighted by atomic mass is 32.1. The largest absolute Gasteiger partial charge is 0.384 e. The summed E-state index contributed by atoms with van der Waals surface area (Å²) in [5, 5.41) is 6.82. The Balaban J connectivity index is 1.76. The number of carbonyl (C=O) groups excluding carboxylic acids is 1. The van der Waals surface area contributed by atoms with Crippen molar-refractivity contribution in [3.05, 3.63) is 22.5 Å². The van der Waals surface area contributed by atoms with Crippen molar-refractivity contribution < 1.29 is 9.53 Å². The van der Waals surface area contributed by atoms with Crippen molar-refractivity contribution in [3.8, 4) is 0 Å². The van der Waals surface area contributed by atoms with Gasteiger partial charge in [-0.1, -0.05) is 0 Å². The van der Waals surface area contributed by atoms with Crippen LogP contribution in [-0.2, 0) is 11.2 Å². The zero-order valence-electron chi connectivity index (χ0n) is 12.8. The molecule has 2 aromatic heterocycles. The van der Waals surface area contributed by atoms with Crippen LogP contribution in [0.2, 0.25) is 0 Å². The third kappa shape index (κ3) is 5.00. The number of hydrogen-bond donors (Lipinski definition) is 2. The standard InChI is InChI=1S/C13H19N5O2S2/c1-8(7-14-12(19)10-6-9(2)21-17-10)15-13-16-11(18-22-13)4-5-20-3/h6,8H,4-5,7H2,1-3H3,(H,14,19)(H,15,16,18)/t8-/m0/s1. The molecular weight excluding hydrogens is 322 g/mol.